The molecule has 1 aliphatic rings. The molecule has 3 heteroatoms. The largest absolute Gasteiger partial charge is 0.350 e. The molecule has 0 atom stereocenters. The minimum absolute atomic E-state index is 0.178. The van der Waals surface area contributed by atoms with Gasteiger partial charge in [-0.3, -0.25) is 0 Å². The Labute approximate surface area is 127 Å². The van der Waals surface area contributed by atoms with E-state index in [2.05, 4.69) is 42.1 Å². The van der Waals surface area contributed by atoms with E-state index in [1.165, 1.54) is 22.5 Å². The van der Waals surface area contributed by atoms with Crippen LogP contribution in [0.2, 0.25) is 0 Å². The summed E-state index contributed by atoms with van der Waals surface area (Å²) in [5.41, 5.74) is 4.52. The maximum Gasteiger partial charge on any atom is 0.123 e. The van der Waals surface area contributed by atoms with Gasteiger partial charge in [0.15, 0.2) is 0 Å². The Morgan fingerprint density at radius 2 is 1.95 bits per heavy atom. The molecule has 21 heavy (non-hydrogen) atoms. The first-order chi connectivity index (χ1) is 10.2. The molecule has 0 N–H and O–H groups in total. The van der Waals surface area contributed by atoms with Crippen molar-refractivity contribution in [3.8, 4) is 0 Å². The maximum atomic E-state index is 13.7. The lowest BCUT2D eigenvalue weighted by molar-refractivity contribution is 0.626. The molecule has 0 saturated carbocycles. The summed E-state index contributed by atoms with van der Waals surface area (Å²) in [6.07, 6.45) is 4.34. The third kappa shape index (κ3) is 2.00. The van der Waals surface area contributed by atoms with Crippen LogP contribution in [0.1, 0.15) is 11.1 Å². The van der Waals surface area contributed by atoms with Crippen LogP contribution in [-0.4, -0.2) is 10.3 Å². The summed E-state index contributed by atoms with van der Waals surface area (Å²) in [4.78, 5) is 1.15. The van der Waals surface area contributed by atoms with Crippen LogP contribution >= 0.6 is 11.8 Å². The minimum Gasteiger partial charge on any atom is -0.350 e. The number of fused-ring (bicyclic) bond motifs is 2. The van der Waals surface area contributed by atoms with E-state index in [1.807, 2.05) is 12.1 Å². The van der Waals surface area contributed by atoms with Crippen molar-refractivity contribution in [3.63, 3.8) is 0 Å². The van der Waals surface area contributed by atoms with Crippen molar-refractivity contribution in [2.45, 2.75) is 4.90 Å². The van der Waals surface area contributed by atoms with Gasteiger partial charge in [-0.1, -0.05) is 24.3 Å². The molecule has 1 nitrogen and oxygen atoms in total. The normalized spacial score (nSPS) is 14.1. The van der Waals surface area contributed by atoms with Crippen molar-refractivity contribution in [2.75, 3.05) is 5.75 Å². The Morgan fingerprint density at radius 3 is 2.86 bits per heavy atom. The summed E-state index contributed by atoms with van der Waals surface area (Å²) in [5.74, 6) is 0.749. The number of hydrogen-bond donors (Lipinski definition) is 0. The number of benzene rings is 2. The van der Waals surface area contributed by atoms with Gasteiger partial charge < -0.3 is 4.57 Å². The summed E-state index contributed by atoms with van der Waals surface area (Å²) in [7, 11) is 2.05. The van der Waals surface area contributed by atoms with Crippen molar-refractivity contribution in [2.24, 2.45) is 7.05 Å². The molecule has 0 fully saturated rings. The highest BCUT2D eigenvalue weighted by atomic mass is 32.2. The Morgan fingerprint density at radius 1 is 1.10 bits per heavy atom. The highest BCUT2D eigenvalue weighted by Crippen LogP contribution is 2.39. The van der Waals surface area contributed by atoms with E-state index in [0.29, 0.717) is 0 Å². The van der Waals surface area contributed by atoms with E-state index in [0.717, 1.165) is 21.8 Å². The fourth-order valence-corrected chi connectivity index (χ4v) is 3.89. The zero-order chi connectivity index (χ0) is 14.4. The van der Waals surface area contributed by atoms with Gasteiger partial charge in [-0.15, -0.1) is 11.8 Å². The summed E-state index contributed by atoms with van der Waals surface area (Å²) in [6.45, 7) is 0. The van der Waals surface area contributed by atoms with Gasteiger partial charge in [-0.2, -0.15) is 0 Å². The molecule has 0 spiro atoms. The van der Waals surface area contributed by atoms with Crippen LogP contribution < -0.4 is 0 Å². The monoisotopic (exact) mass is 295 g/mol. The molecule has 1 aromatic heterocycles. The quantitative estimate of drug-likeness (QED) is 0.621. The van der Waals surface area contributed by atoms with Crippen molar-refractivity contribution in [1.82, 2.24) is 4.57 Å². The second kappa shape index (κ2) is 4.78. The zero-order valence-electron chi connectivity index (χ0n) is 11.6. The Hall–Kier alpha value is -2.00. The zero-order valence-corrected chi connectivity index (χ0v) is 12.5. The number of aromatic nitrogens is 1. The first-order valence-electron chi connectivity index (χ1n) is 6.91. The molecular weight excluding hydrogens is 281 g/mol. The highest BCUT2D eigenvalue weighted by Gasteiger charge is 2.18. The summed E-state index contributed by atoms with van der Waals surface area (Å²) in [5, 5.41) is 1.22. The average molecular weight is 295 g/mol. The van der Waals surface area contributed by atoms with Gasteiger partial charge in [0.25, 0.3) is 0 Å². The fraction of sp³-hybridized carbons (Fsp3) is 0.111. The van der Waals surface area contributed by atoms with Crippen LogP contribution in [0, 0.1) is 5.82 Å². The highest BCUT2D eigenvalue weighted by molar-refractivity contribution is 7.99. The lowest BCUT2D eigenvalue weighted by Gasteiger charge is -2.17. The fourth-order valence-electron chi connectivity index (χ4n) is 2.97. The summed E-state index contributed by atoms with van der Waals surface area (Å²) >= 11 is 1.76. The number of nitrogens with zero attached hydrogens (tertiary/aromatic N) is 1. The molecule has 0 amide bonds. The molecule has 1 aliphatic heterocycles. The second-order valence-electron chi connectivity index (χ2n) is 5.24. The number of rotatable bonds is 1. The number of thioether (sulfide) groups is 1. The maximum absolute atomic E-state index is 13.7. The first kappa shape index (κ1) is 12.7. The van der Waals surface area contributed by atoms with E-state index >= 15 is 0 Å². The van der Waals surface area contributed by atoms with Gasteiger partial charge >= 0.3 is 0 Å². The van der Waals surface area contributed by atoms with Crippen LogP contribution in [0.15, 0.2) is 59.6 Å². The average Bonchev–Trinajstić information content (AvgIpc) is 2.84. The lowest BCUT2D eigenvalue weighted by Crippen LogP contribution is -1.97. The topological polar surface area (TPSA) is 4.93 Å². The van der Waals surface area contributed by atoms with Gasteiger partial charge in [0.1, 0.15) is 5.82 Å². The molecule has 0 saturated heterocycles. The molecule has 0 bridgehead atoms. The van der Waals surface area contributed by atoms with Crippen LogP contribution in [0.3, 0.4) is 0 Å². The Bertz CT molecular complexity index is 876. The van der Waals surface area contributed by atoms with Gasteiger partial charge in [0.05, 0.1) is 0 Å². The third-order valence-electron chi connectivity index (χ3n) is 3.95. The van der Waals surface area contributed by atoms with E-state index in [4.69, 9.17) is 0 Å². The van der Waals surface area contributed by atoms with Crippen LogP contribution in [0.4, 0.5) is 4.39 Å². The van der Waals surface area contributed by atoms with Crippen LogP contribution in [0.5, 0.6) is 0 Å². The van der Waals surface area contributed by atoms with Gasteiger partial charge in [-0.05, 0) is 35.4 Å². The Balaban J connectivity index is 1.98. The summed E-state index contributed by atoms with van der Waals surface area (Å²) in [6, 6.07) is 13.4. The van der Waals surface area contributed by atoms with E-state index < -0.39 is 0 Å². The molecule has 0 unspecified atom stereocenters. The number of hydrogen-bond acceptors (Lipinski definition) is 1. The van der Waals surface area contributed by atoms with E-state index in [1.54, 1.807) is 17.8 Å². The predicted octanol–water partition coefficient (Wildman–Crippen LogP) is 4.85. The first-order valence-corrected chi connectivity index (χ1v) is 7.90. The molecule has 0 radical (unpaired) electrons. The van der Waals surface area contributed by atoms with Crippen molar-refractivity contribution >= 4 is 28.2 Å². The van der Waals surface area contributed by atoms with Gasteiger partial charge in [0.2, 0.25) is 0 Å². The molecule has 2 heterocycles. The van der Waals surface area contributed by atoms with Gasteiger partial charge in [-0.25, -0.2) is 4.39 Å². The van der Waals surface area contributed by atoms with Crippen molar-refractivity contribution in [3.05, 3.63) is 71.7 Å². The molecule has 2 aromatic carbocycles. The number of aryl methyl sites for hydroxylation is 1. The van der Waals surface area contributed by atoms with E-state index in [9.17, 15) is 4.39 Å². The number of halogens is 1. The molecular formula is C18H14FNS. The number of para-hydroxylation sites is 1. The smallest absolute Gasteiger partial charge is 0.123 e. The van der Waals surface area contributed by atoms with Crippen molar-refractivity contribution in [1.29, 1.82) is 0 Å². The second-order valence-corrected chi connectivity index (χ2v) is 6.30. The molecule has 4 rings (SSSR count). The molecule has 104 valence electrons. The van der Waals surface area contributed by atoms with Crippen molar-refractivity contribution < 1.29 is 4.39 Å². The standard InChI is InChI=1S/C18H14FNS/c1-20-11-16(14-4-2-3-5-17(14)20)13-8-9-21-18-7-6-12(19)10-15(13)18/h2-8,10-11H,9H2,1H3. The SMILES string of the molecule is Cn1cc(C2=CCSc3ccc(F)cc32)c2ccccc21. The minimum atomic E-state index is -0.178. The van der Waals surface area contributed by atoms with Gasteiger partial charge in [0, 0.05) is 40.4 Å². The summed E-state index contributed by atoms with van der Waals surface area (Å²) < 4.78 is 15.8. The van der Waals surface area contributed by atoms with E-state index in [-0.39, 0.29) is 5.82 Å². The molecule has 3 aromatic rings. The Kier molecular flexibility index (Phi) is 2.89. The third-order valence-corrected chi connectivity index (χ3v) is 4.95. The molecule has 0 aliphatic carbocycles. The van der Waals surface area contributed by atoms with Crippen LogP contribution in [-0.2, 0) is 7.05 Å². The lowest BCUT2D eigenvalue weighted by atomic mass is 9.97. The predicted molar refractivity (Wildman–Crippen MR) is 87.1 cm³/mol. The van der Waals surface area contributed by atoms with Crippen LogP contribution in [0.25, 0.3) is 16.5 Å².